The monoisotopic (exact) mass is 330 g/mol. The molecule has 0 fully saturated rings. The van der Waals surface area contributed by atoms with E-state index < -0.39 is 0 Å². The fraction of sp³-hybridized carbons (Fsp3) is 0.360. The van der Waals surface area contributed by atoms with E-state index in [1.807, 2.05) is 6.08 Å². The molecule has 0 radical (unpaired) electrons. The summed E-state index contributed by atoms with van der Waals surface area (Å²) in [6.45, 7) is 15.5. The van der Waals surface area contributed by atoms with Gasteiger partial charge in [0.05, 0.1) is 0 Å². The van der Waals surface area contributed by atoms with Gasteiger partial charge < -0.3 is 0 Å². The first-order valence-electron chi connectivity index (χ1n) is 9.33. The second-order valence-electron chi connectivity index (χ2n) is 8.58. The summed E-state index contributed by atoms with van der Waals surface area (Å²) in [6, 6.07) is 13.8. The number of allylic oxidation sites excluding steroid dienone is 1. The fourth-order valence-corrected chi connectivity index (χ4v) is 4.03. The maximum Gasteiger partial charge on any atom is -0.0100 e. The van der Waals surface area contributed by atoms with Gasteiger partial charge in [-0.25, -0.2) is 0 Å². The average molecular weight is 331 g/mol. The Morgan fingerprint density at radius 3 is 2.04 bits per heavy atom. The smallest absolute Gasteiger partial charge is 0.0100 e. The summed E-state index contributed by atoms with van der Waals surface area (Å²) < 4.78 is 0. The van der Waals surface area contributed by atoms with Gasteiger partial charge in [-0.05, 0) is 70.0 Å². The van der Waals surface area contributed by atoms with Gasteiger partial charge >= 0.3 is 0 Å². The minimum Gasteiger partial charge on any atom is -0.0984 e. The quantitative estimate of drug-likeness (QED) is 0.550. The van der Waals surface area contributed by atoms with E-state index in [0.717, 1.165) is 0 Å². The standard InChI is InChI=1S/C25H30/c1-7-9-19-16-20(11-10-18(19)8-2)21-12-13-22-23(17-21)25(5,6)15-14-24(22,3)4/h7-13,16-17H,2,14-15H2,1,3-6H3/b9-7-. The molecule has 0 aliphatic heterocycles. The second kappa shape index (κ2) is 6.33. The van der Waals surface area contributed by atoms with Crippen molar-refractivity contribution in [3.63, 3.8) is 0 Å². The van der Waals surface area contributed by atoms with Crippen LogP contribution in [0, 0.1) is 0 Å². The Morgan fingerprint density at radius 1 is 0.800 bits per heavy atom. The lowest BCUT2D eigenvalue weighted by Crippen LogP contribution is -2.33. The van der Waals surface area contributed by atoms with Gasteiger partial charge in [0.2, 0.25) is 0 Å². The van der Waals surface area contributed by atoms with E-state index in [4.69, 9.17) is 0 Å². The summed E-state index contributed by atoms with van der Waals surface area (Å²) in [6.07, 6.45) is 8.68. The van der Waals surface area contributed by atoms with Crippen LogP contribution in [0.3, 0.4) is 0 Å². The predicted octanol–water partition coefficient (Wildman–Crippen LogP) is 7.38. The summed E-state index contributed by atoms with van der Waals surface area (Å²) in [5.41, 5.74) is 8.55. The first-order valence-corrected chi connectivity index (χ1v) is 9.33. The van der Waals surface area contributed by atoms with E-state index in [-0.39, 0.29) is 10.8 Å². The molecular formula is C25H30. The van der Waals surface area contributed by atoms with E-state index in [9.17, 15) is 0 Å². The molecule has 2 aromatic carbocycles. The van der Waals surface area contributed by atoms with Crippen LogP contribution in [-0.2, 0) is 10.8 Å². The van der Waals surface area contributed by atoms with Crippen molar-refractivity contribution < 1.29 is 0 Å². The largest absolute Gasteiger partial charge is 0.0984 e. The Balaban J connectivity index is 2.14. The second-order valence-corrected chi connectivity index (χ2v) is 8.58. The molecule has 25 heavy (non-hydrogen) atoms. The number of hydrogen-bond acceptors (Lipinski definition) is 0. The van der Waals surface area contributed by atoms with Crippen LogP contribution >= 0.6 is 0 Å². The Bertz CT molecular complexity index is 831. The highest BCUT2D eigenvalue weighted by molar-refractivity contribution is 5.74. The SMILES string of the molecule is C=Cc1ccc(-c2ccc3c(c2)C(C)(C)CCC3(C)C)cc1/C=C\C. The van der Waals surface area contributed by atoms with Crippen molar-refractivity contribution in [2.75, 3.05) is 0 Å². The van der Waals surface area contributed by atoms with E-state index in [1.54, 1.807) is 0 Å². The van der Waals surface area contributed by atoms with Crippen LogP contribution in [-0.4, -0.2) is 0 Å². The predicted molar refractivity (Wildman–Crippen MR) is 112 cm³/mol. The molecule has 0 bridgehead atoms. The van der Waals surface area contributed by atoms with Crippen molar-refractivity contribution in [2.24, 2.45) is 0 Å². The van der Waals surface area contributed by atoms with E-state index in [1.165, 1.54) is 46.2 Å². The molecule has 1 aliphatic rings. The molecule has 3 rings (SSSR count). The Kier molecular flexibility index (Phi) is 4.49. The summed E-state index contributed by atoms with van der Waals surface area (Å²) in [4.78, 5) is 0. The Labute approximate surface area is 153 Å². The molecule has 0 atom stereocenters. The Hall–Kier alpha value is -2.08. The van der Waals surface area contributed by atoms with Crippen molar-refractivity contribution in [1.82, 2.24) is 0 Å². The summed E-state index contributed by atoms with van der Waals surface area (Å²) in [7, 11) is 0. The first-order chi connectivity index (χ1) is 11.8. The molecule has 0 nitrogen and oxygen atoms in total. The lowest BCUT2D eigenvalue weighted by Gasteiger charge is -2.42. The van der Waals surface area contributed by atoms with Gasteiger partial charge in [0.1, 0.15) is 0 Å². The molecule has 1 aliphatic carbocycles. The maximum absolute atomic E-state index is 3.93. The number of fused-ring (bicyclic) bond motifs is 1. The van der Waals surface area contributed by atoms with Crippen molar-refractivity contribution in [3.8, 4) is 11.1 Å². The molecule has 0 N–H and O–H groups in total. The topological polar surface area (TPSA) is 0 Å². The van der Waals surface area contributed by atoms with Crippen LogP contribution in [0.5, 0.6) is 0 Å². The van der Waals surface area contributed by atoms with Crippen molar-refractivity contribution in [3.05, 3.63) is 71.3 Å². The minimum atomic E-state index is 0.244. The average Bonchev–Trinajstić information content (AvgIpc) is 2.59. The summed E-state index contributed by atoms with van der Waals surface area (Å²) in [5.74, 6) is 0. The van der Waals surface area contributed by atoms with E-state index >= 15 is 0 Å². The third-order valence-electron chi connectivity index (χ3n) is 5.84. The third kappa shape index (κ3) is 3.23. The highest BCUT2D eigenvalue weighted by atomic mass is 14.4. The molecule has 0 heteroatoms. The lowest BCUT2D eigenvalue weighted by atomic mass is 9.63. The molecule has 0 amide bonds. The minimum absolute atomic E-state index is 0.244. The molecule has 0 spiro atoms. The van der Waals surface area contributed by atoms with Gasteiger partial charge in [0, 0.05) is 0 Å². The summed E-state index contributed by atoms with van der Waals surface area (Å²) in [5, 5.41) is 0. The molecule has 0 heterocycles. The highest BCUT2D eigenvalue weighted by Gasteiger charge is 2.36. The van der Waals surface area contributed by atoms with Gasteiger partial charge in [-0.3, -0.25) is 0 Å². The van der Waals surface area contributed by atoms with Crippen LogP contribution in [0.15, 0.2) is 49.1 Å². The molecule has 2 aromatic rings. The highest BCUT2D eigenvalue weighted by Crippen LogP contribution is 2.46. The van der Waals surface area contributed by atoms with E-state index in [2.05, 4.69) is 89.7 Å². The van der Waals surface area contributed by atoms with Crippen LogP contribution < -0.4 is 0 Å². The Morgan fingerprint density at radius 2 is 1.40 bits per heavy atom. The van der Waals surface area contributed by atoms with Gasteiger partial charge in [-0.2, -0.15) is 0 Å². The van der Waals surface area contributed by atoms with Gasteiger partial charge in [-0.15, -0.1) is 0 Å². The molecule has 0 unspecified atom stereocenters. The molecular weight excluding hydrogens is 300 g/mol. The summed E-state index contributed by atoms with van der Waals surface area (Å²) >= 11 is 0. The zero-order valence-electron chi connectivity index (χ0n) is 16.3. The van der Waals surface area contributed by atoms with Crippen LogP contribution in [0.4, 0.5) is 0 Å². The van der Waals surface area contributed by atoms with Crippen LogP contribution in [0.25, 0.3) is 23.3 Å². The molecule has 0 saturated carbocycles. The number of benzene rings is 2. The van der Waals surface area contributed by atoms with Crippen LogP contribution in [0.1, 0.15) is 69.7 Å². The zero-order valence-corrected chi connectivity index (χ0v) is 16.3. The first kappa shape index (κ1) is 17.7. The third-order valence-corrected chi connectivity index (χ3v) is 5.84. The molecule has 130 valence electrons. The fourth-order valence-electron chi connectivity index (χ4n) is 4.03. The maximum atomic E-state index is 3.93. The van der Waals surface area contributed by atoms with Crippen molar-refractivity contribution in [2.45, 2.75) is 58.3 Å². The number of rotatable bonds is 3. The van der Waals surface area contributed by atoms with E-state index in [0.29, 0.717) is 0 Å². The van der Waals surface area contributed by atoms with Crippen LogP contribution in [0.2, 0.25) is 0 Å². The molecule has 0 saturated heterocycles. The molecule has 0 aromatic heterocycles. The number of hydrogen-bond donors (Lipinski definition) is 0. The van der Waals surface area contributed by atoms with Gasteiger partial charge in [0.15, 0.2) is 0 Å². The van der Waals surface area contributed by atoms with Crippen molar-refractivity contribution in [1.29, 1.82) is 0 Å². The lowest BCUT2D eigenvalue weighted by molar-refractivity contribution is 0.332. The van der Waals surface area contributed by atoms with Gasteiger partial charge in [0.25, 0.3) is 0 Å². The zero-order chi connectivity index (χ0) is 18.2. The normalized spacial score (nSPS) is 18.1. The van der Waals surface area contributed by atoms with Gasteiger partial charge in [-0.1, -0.05) is 82.8 Å². The van der Waals surface area contributed by atoms with Crippen molar-refractivity contribution >= 4 is 12.2 Å².